The summed E-state index contributed by atoms with van der Waals surface area (Å²) in [5.41, 5.74) is 2.34. The SMILES string of the molecule is CC(SCc1cccc(C(=O)NCc2ccco2)c1)c1ccccc1F. The number of hydrogen-bond donors (Lipinski definition) is 1. The van der Waals surface area contributed by atoms with Gasteiger partial charge >= 0.3 is 0 Å². The van der Waals surface area contributed by atoms with Gasteiger partial charge in [0.2, 0.25) is 0 Å². The molecular weight excluding hydrogens is 349 g/mol. The first-order valence-electron chi connectivity index (χ1n) is 8.39. The molecule has 0 spiro atoms. The van der Waals surface area contributed by atoms with Crippen LogP contribution in [0, 0.1) is 5.82 Å². The summed E-state index contributed by atoms with van der Waals surface area (Å²) in [5, 5.41) is 2.87. The van der Waals surface area contributed by atoms with Crippen LogP contribution in [0.4, 0.5) is 4.39 Å². The summed E-state index contributed by atoms with van der Waals surface area (Å²) >= 11 is 1.64. The molecule has 0 radical (unpaired) electrons. The molecule has 0 aliphatic carbocycles. The number of carbonyl (C=O) groups excluding carboxylic acids is 1. The lowest BCUT2D eigenvalue weighted by Gasteiger charge is -2.13. The summed E-state index contributed by atoms with van der Waals surface area (Å²) < 4.78 is 19.1. The van der Waals surface area contributed by atoms with Gasteiger partial charge in [0, 0.05) is 22.1 Å². The van der Waals surface area contributed by atoms with E-state index in [4.69, 9.17) is 4.42 Å². The minimum atomic E-state index is -0.182. The normalized spacial score (nSPS) is 11.9. The smallest absolute Gasteiger partial charge is 0.251 e. The maximum atomic E-state index is 13.9. The summed E-state index contributed by atoms with van der Waals surface area (Å²) in [7, 11) is 0. The molecule has 0 saturated carbocycles. The molecule has 5 heteroatoms. The van der Waals surface area contributed by atoms with Crippen LogP contribution in [0.15, 0.2) is 71.3 Å². The number of thioether (sulfide) groups is 1. The van der Waals surface area contributed by atoms with Gasteiger partial charge in [-0.1, -0.05) is 30.3 Å². The van der Waals surface area contributed by atoms with Crippen LogP contribution in [0.2, 0.25) is 0 Å². The first-order valence-corrected chi connectivity index (χ1v) is 9.44. The Balaban J connectivity index is 1.58. The lowest BCUT2D eigenvalue weighted by Crippen LogP contribution is -2.22. The molecule has 0 fully saturated rings. The van der Waals surface area contributed by atoms with Crippen LogP contribution in [-0.4, -0.2) is 5.91 Å². The van der Waals surface area contributed by atoms with Gasteiger partial charge in [0.05, 0.1) is 12.8 Å². The number of rotatable bonds is 7. The van der Waals surface area contributed by atoms with E-state index < -0.39 is 0 Å². The number of halogens is 1. The fourth-order valence-electron chi connectivity index (χ4n) is 2.60. The molecule has 0 aliphatic rings. The maximum absolute atomic E-state index is 13.9. The van der Waals surface area contributed by atoms with Crippen LogP contribution >= 0.6 is 11.8 Å². The van der Waals surface area contributed by atoms with Gasteiger partial charge in [-0.2, -0.15) is 0 Å². The standard InChI is InChI=1S/C21H20FNO2S/c1-15(19-9-2-3-10-20(19)22)26-14-16-6-4-7-17(12-16)21(24)23-13-18-8-5-11-25-18/h2-12,15H,13-14H2,1H3,(H,23,24). The van der Waals surface area contributed by atoms with Crippen molar-refractivity contribution in [2.24, 2.45) is 0 Å². The second-order valence-corrected chi connectivity index (χ2v) is 7.27. The zero-order valence-electron chi connectivity index (χ0n) is 14.4. The topological polar surface area (TPSA) is 42.2 Å². The zero-order chi connectivity index (χ0) is 18.4. The molecule has 1 amide bonds. The molecule has 2 aromatic carbocycles. The summed E-state index contributed by atoms with van der Waals surface area (Å²) in [4.78, 5) is 12.3. The Hall–Kier alpha value is -2.53. The van der Waals surface area contributed by atoms with Gasteiger partial charge in [-0.25, -0.2) is 4.39 Å². The van der Waals surface area contributed by atoms with Crippen LogP contribution in [-0.2, 0) is 12.3 Å². The lowest BCUT2D eigenvalue weighted by molar-refractivity contribution is 0.0948. The van der Waals surface area contributed by atoms with E-state index in [0.717, 1.165) is 5.56 Å². The summed E-state index contributed by atoms with van der Waals surface area (Å²) in [6.45, 7) is 2.35. The summed E-state index contributed by atoms with van der Waals surface area (Å²) in [6, 6.07) is 17.9. The molecule has 3 nitrogen and oxygen atoms in total. The van der Waals surface area contributed by atoms with Gasteiger partial charge in [-0.15, -0.1) is 11.8 Å². The van der Waals surface area contributed by atoms with Crippen molar-refractivity contribution >= 4 is 17.7 Å². The predicted octanol–water partition coefficient (Wildman–Crippen LogP) is 5.34. The molecule has 1 atom stereocenters. The number of carbonyl (C=O) groups is 1. The van der Waals surface area contributed by atoms with Crippen LogP contribution < -0.4 is 5.32 Å². The van der Waals surface area contributed by atoms with Gasteiger partial charge in [0.15, 0.2) is 0 Å². The summed E-state index contributed by atoms with van der Waals surface area (Å²) in [5.74, 6) is 1.09. The predicted molar refractivity (Wildman–Crippen MR) is 102 cm³/mol. The third-order valence-electron chi connectivity index (χ3n) is 4.04. The Morgan fingerprint density at radius 1 is 1.15 bits per heavy atom. The molecule has 1 heterocycles. The largest absolute Gasteiger partial charge is 0.467 e. The monoisotopic (exact) mass is 369 g/mol. The second kappa shape index (κ2) is 8.72. The van der Waals surface area contributed by atoms with E-state index in [2.05, 4.69) is 5.32 Å². The number of benzene rings is 2. The molecular formula is C21H20FNO2S. The molecule has 0 bridgehead atoms. The highest BCUT2D eigenvalue weighted by Crippen LogP contribution is 2.32. The number of nitrogens with one attached hydrogen (secondary N) is 1. The number of hydrogen-bond acceptors (Lipinski definition) is 3. The minimum Gasteiger partial charge on any atom is -0.467 e. The lowest BCUT2D eigenvalue weighted by atomic mass is 10.1. The van der Waals surface area contributed by atoms with E-state index in [1.165, 1.54) is 6.07 Å². The molecule has 134 valence electrons. The molecule has 1 unspecified atom stereocenters. The first-order chi connectivity index (χ1) is 12.6. The fourth-order valence-corrected chi connectivity index (χ4v) is 3.59. The van der Waals surface area contributed by atoms with E-state index >= 15 is 0 Å². The molecule has 3 rings (SSSR count). The number of furan rings is 1. The molecule has 26 heavy (non-hydrogen) atoms. The van der Waals surface area contributed by atoms with Gasteiger partial charge in [0.1, 0.15) is 11.6 Å². The Bertz CT molecular complexity index is 864. The van der Waals surface area contributed by atoms with Crippen LogP contribution in [0.5, 0.6) is 0 Å². The Morgan fingerprint density at radius 3 is 2.77 bits per heavy atom. The van der Waals surface area contributed by atoms with Crippen molar-refractivity contribution in [3.63, 3.8) is 0 Å². The van der Waals surface area contributed by atoms with E-state index in [0.29, 0.717) is 29.2 Å². The average Bonchev–Trinajstić information content (AvgIpc) is 3.18. The van der Waals surface area contributed by atoms with E-state index in [-0.39, 0.29) is 17.0 Å². The highest BCUT2D eigenvalue weighted by molar-refractivity contribution is 7.98. The van der Waals surface area contributed by atoms with Crippen LogP contribution in [0.25, 0.3) is 0 Å². The zero-order valence-corrected chi connectivity index (χ0v) is 15.3. The van der Waals surface area contributed by atoms with Gasteiger partial charge in [-0.05, 0) is 42.8 Å². The quantitative estimate of drug-likeness (QED) is 0.611. The van der Waals surface area contributed by atoms with Crippen LogP contribution in [0.1, 0.15) is 39.4 Å². The average molecular weight is 369 g/mol. The van der Waals surface area contributed by atoms with Crippen molar-refractivity contribution < 1.29 is 13.6 Å². The Kier molecular flexibility index (Phi) is 6.12. The molecule has 3 aromatic rings. The van der Waals surface area contributed by atoms with Crippen molar-refractivity contribution in [1.82, 2.24) is 5.32 Å². The first kappa shape index (κ1) is 18.3. The third-order valence-corrected chi connectivity index (χ3v) is 5.29. The van der Waals surface area contributed by atoms with Crippen LogP contribution in [0.3, 0.4) is 0 Å². The van der Waals surface area contributed by atoms with E-state index in [1.807, 2.05) is 43.3 Å². The highest BCUT2D eigenvalue weighted by Gasteiger charge is 2.12. The molecule has 0 saturated heterocycles. The van der Waals surface area contributed by atoms with Gasteiger partial charge in [-0.3, -0.25) is 4.79 Å². The van der Waals surface area contributed by atoms with Crippen molar-refractivity contribution in [3.05, 3.63) is 95.2 Å². The van der Waals surface area contributed by atoms with E-state index in [1.54, 1.807) is 36.2 Å². The molecule has 1 N–H and O–H groups in total. The fraction of sp³-hybridized carbons (Fsp3) is 0.190. The van der Waals surface area contributed by atoms with Crippen molar-refractivity contribution in [2.45, 2.75) is 24.5 Å². The van der Waals surface area contributed by atoms with Gasteiger partial charge < -0.3 is 9.73 Å². The minimum absolute atomic E-state index is 0.0348. The highest BCUT2D eigenvalue weighted by atomic mass is 32.2. The summed E-state index contributed by atoms with van der Waals surface area (Å²) in [6.07, 6.45) is 1.58. The van der Waals surface area contributed by atoms with Crippen molar-refractivity contribution in [1.29, 1.82) is 0 Å². The molecule has 0 aliphatic heterocycles. The maximum Gasteiger partial charge on any atom is 0.251 e. The molecule has 1 aromatic heterocycles. The van der Waals surface area contributed by atoms with Gasteiger partial charge in [0.25, 0.3) is 5.91 Å². The second-order valence-electron chi connectivity index (χ2n) is 5.94. The third kappa shape index (κ3) is 4.76. The Morgan fingerprint density at radius 2 is 2.00 bits per heavy atom. The number of amides is 1. The van der Waals surface area contributed by atoms with Crippen molar-refractivity contribution in [3.8, 4) is 0 Å². The Labute approximate surface area is 156 Å². The van der Waals surface area contributed by atoms with Crippen molar-refractivity contribution in [2.75, 3.05) is 0 Å². The van der Waals surface area contributed by atoms with E-state index in [9.17, 15) is 9.18 Å².